The van der Waals surface area contributed by atoms with Crippen LogP contribution in [0.4, 0.5) is 0 Å². The Kier molecular flexibility index (Phi) is 20.6. The molecule has 3 atom stereocenters. The number of carbonyl (C=O) groups is 7. The van der Waals surface area contributed by atoms with Crippen LogP contribution < -0.4 is 20.7 Å². The van der Waals surface area contributed by atoms with E-state index < -0.39 is 60.1 Å². The van der Waals surface area contributed by atoms with Gasteiger partial charge in [0.15, 0.2) is 5.76 Å². The number of hydrogen-bond donors (Lipinski definition) is 3. The predicted octanol–water partition coefficient (Wildman–Crippen LogP) is 8.03. The Morgan fingerprint density at radius 2 is 1.41 bits per heavy atom. The van der Waals surface area contributed by atoms with Gasteiger partial charge >= 0.3 is 17.9 Å². The summed E-state index contributed by atoms with van der Waals surface area (Å²) >= 11 is 0. The molecule has 1 heterocycles. The van der Waals surface area contributed by atoms with Gasteiger partial charge in [-0.2, -0.15) is 5.06 Å². The smallest absolute Gasteiger partial charge is 0.363 e. The maximum Gasteiger partial charge on any atom is 0.363 e. The van der Waals surface area contributed by atoms with Gasteiger partial charge in [0.2, 0.25) is 12.3 Å². The maximum absolute atomic E-state index is 13.8. The maximum atomic E-state index is 13.8. The van der Waals surface area contributed by atoms with Crippen LogP contribution in [0.2, 0.25) is 0 Å². The number of hydroxylamine groups is 2. The molecular weight excluding hydrogens is 885 g/mol. The van der Waals surface area contributed by atoms with Gasteiger partial charge in [-0.1, -0.05) is 124 Å². The third-order valence-corrected chi connectivity index (χ3v) is 11.2. The summed E-state index contributed by atoms with van der Waals surface area (Å²) in [7, 11) is 0. The van der Waals surface area contributed by atoms with Gasteiger partial charge in [0.1, 0.15) is 30.8 Å². The molecule has 4 amide bonds. The Labute approximate surface area is 402 Å². The van der Waals surface area contributed by atoms with Gasteiger partial charge in [-0.05, 0) is 73.7 Å². The highest BCUT2D eigenvalue weighted by Gasteiger charge is 2.34. The monoisotopic (exact) mass is 944 g/mol. The molecule has 0 bridgehead atoms. The van der Waals surface area contributed by atoms with Crippen molar-refractivity contribution in [1.29, 1.82) is 0 Å². The van der Waals surface area contributed by atoms with Crippen molar-refractivity contribution in [3.63, 3.8) is 0 Å². The molecule has 364 valence electrons. The lowest BCUT2D eigenvalue weighted by Gasteiger charge is -2.32. The Balaban J connectivity index is 1.23. The van der Waals surface area contributed by atoms with Crippen molar-refractivity contribution in [1.82, 2.24) is 21.0 Å². The average molecular weight is 945 g/mol. The average Bonchev–Trinajstić information content (AvgIpc) is 3.87. The first-order chi connectivity index (χ1) is 33.5. The van der Waals surface area contributed by atoms with Crippen molar-refractivity contribution in [3.05, 3.63) is 149 Å². The second-order valence-electron chi connectivity index (χ2n) is 16.1. The largest absolute Gasteiger partial charge is 0.493 e. The fraction of sp³-hybridized carbons (Fsp3) is 0.340. The van der Waals surface area contributed by atoms with Gasteiger partial charge in [0.25, 0.3) is 11.8 Å². The normalized spacial score (nSPS) is 12.1. The third kappa shape index (κ3) is 15.7. The molecule has 0 saturated carbocycles. The third-order valence-electron chi connectivity index (χ3n) is 11.2. The van der Waals surface area contributed by atoms with Gasteiger partial charge < -0.3 is 39.4 Å². The first kappa shape index (κ1) is 52.2. The van der Waals surface area contributed by atoms with Crippen LogP contribution in [0.25, 0.3) is 11.3 Å². The van der Waals surface area contributed by atoms with Crippen LogP contribution in [-0.4, -0.2) is 72.5 Å². The van der Waals surface area contributed by atoms with E-state index in [9.17, 15) is 33.6 Å². The molecule has 3 N–H and O–H groups in total. The Hall–Kier alpha value is -7.75. The van der Waals surface area contributed by atoms with Crippen molar-refractivity contribution in [3.8, 4) is 17.1 Å². The number of hydrogen-bond acceptors (Lipinski definition) is 12. The molecule has 0 aliphatic rings. The highest BCUT2D eigenvalue weighted by atomic mass is 16.7. The number of unbranched alkanes of at least 4 members (excludes halogenated alkanes) is 3. The van der Waals surface area contributed by atoms with E-state index in [2.05, 4.69) is 22.9 Å². The SMILES string of the molecule is CCCCCC[C@@H](C(=O)NCNC(=O)c1ccc(-c2ccc(C(=O)N[C@@H](CC(=O)OCc3ccccc3)C(=O)OCc3ccccc3)c(OCC)c2)o1)[C@@H](CC)N(C=O)OC(=O)c1ccccc1C. The lowest BCUT2D eigenvalue weighted by Crippen LogP contribution is -2.49. The van der Waals surface area contributed by atoms with Crippen LogP contribution in [0.1, 0.15) is 114 Å². The summed E-state index contributed by atoms with van der Waals surface area (Å²) in [5, 5.41) is 8.91. The number of nitrogens with one attached hydrogen (secondary N) is 3. The molecule has 5 rings (SSSR count). The zero-order valence-corrected chi connectivity index (χ0v) is 39.4. The molecule has 4 aromatic carbocycles. The molecule has 0 spiro atoms. The van der Waals surface area contributed by atoms with Crippen molar-refractivity contribution in [2.45, 2.75) is 97.9 Å². The number of esters is 2. The molecule has 1 aromatic heterocycles. The molecule has 69 heavy (non-hydrogen) atoms. The van der Waals surface area contributed by atoms with E-state index in [0.29, 0.717) is 47.9 Å². The summed E-state index contributed by atoms with van der Waals surface area (Å²) in [6, 6.07) is 30.2. The number of ether oxygens (including phenoxy) is 3. The van der Waals surface area contributed by atoms with E-state index in [4.69, 9.17) is 23.5 Å². The number of aryl methyl sites for hydroxylation is 1. The Morgan fingerprint density at radius 1 is 0.725 bits per heavy atom. The zero-order chi connectivity index (χ0) is 49.5. The summed E-state index contributed by atoms with van der Waals surface area (Å²) in [4.78, 5) is 98.1. The second-order valence-corrected chi connectivity index (χ2v) is 16.1. The highest BCUT2D eigenvalue weighted by molar-refractivity contribution is 6.00. The summed E-state index contributed by atoms with van der Waals surface area (Å²) in [5.74, 6) is -4.54. The number of amides is 4. The van der Waals surface area contributed by atoms with E-state index in [-0.39, 0.29) is 49.3 Å². The predicted molar refractivity (Wildman–Crippen MR) is 255 cm³/mol. The summed E-state index contributed by atoms with van der Waals surface area (Å²) in [6.07, 6.45) is 4.11. The standard InChI is InChI=1S/C53H60N4O12/c1-5-8-9-16-25-41(44(6-2)57(35-58)69-52(63)40-24-18-17-19-36(40)4)49(60)54-34-55-51(62)46-29-28-45(68-46)39-26-27-42(47(30-39)65-7-3)50(61)56-43(53(64)67-33-38-22-14-11-15-23-38)31-48(59)66-32-37-20-12-10-13-21-37/h10-15,17-24,26-30,35,41,43-44H,5-9,16,25,31-34H2,1-4H3,(H,54,60)(H,55,62)(H,56,61)/t41-,43+,44-/m1/s1. The molecule has 0 aliphatic carbocycles. The topological polar surface area (TPSA) is 209 Å². The first-order valence-electron chi connectivity index (χ1n) is 23.1. The van der Waals surface area contributed by atoms with Crippen LogP contribution >= 0.6 is 0 Å². The van der Waals surface area contributed by atoms with Gasteiger partial charge in [-0.3, -0.25) is 24.0 Å². The van der Waals surface area contributed by atoms with E-state index in [1.165, 1.54) is 12.1 Å². The number of furan rings is 1. The van der Waals surface area contributed by atoms with Crippen LogP contribution in [0.15, 0.2) is 120 Å². The van der Waals surface area contributed by atoms with Crippen LogP contribution in [-0.2, 0) is 46.7 Å². The van der Waals surface area contributed by atoms with Crippen molar-refractivity contribution < 1.29 is 57.0 Å². The first-order valence-corrected chi connectivity index (χ1v) is 23.1. The fourth-order valence-electron chi connectivity index (χ4n) is 7.45. The molecule has 0 fully saturated rings. The zero-order valence-electron chi connectivity index (χ0n) is 39.4. The number of nitrogens with zero attached hydrogens (tertiary/aromatic N) is 1. The molecular formula is C53H60N4O12. The van der Waals surface area contributed by atoms with E-state index in [0.717, 1.165) is 29.9 Å². The van der Waals surface area contributed by atoms with Crippen molar-refractivity contribution in [2.24, 2.45) is 5.92 Å². The lowest BCUT2D eigenvalue weighted by molar-refractivity contribution is -0.171. The lowest BCUT2D eigenvalue weighted by atomic mass is 9.90. The van der Waals surface area contributed by atoms with E-state index in [1.807, 2.05) is 12.1 Å². The number of rotatable bonds is 27. The van der Waals surface area contributed by atoms with Crippen LogP contribution in [0, 0.1) is 12.8 Å². The van der Waals surface area contributed by atoms with E-state index >= 15 is 0 Å². The minimum absolute atomic E-state index is 0.0272. The van der Waals surface area contributed by atoms with Gasteiger partial charge in [0, 0.05) is 5.56 Å². The molecule has 5 aromatic rings. The van der Waals surface area contributed by atoms with Gasteiger partial charge in [-0.15, -0.1) is 0 Å². The minimum atomic E-state index is -1.40. The number of carbonyl (C=O) groups excluding carboxylic acids is 7. The molecule has 0 aliphatic heterocycles. The van der Waals surface area contributed by atoms with E-state index in [1.54, 1.807) is 112 Å². The summed E-state index contributed by atoms with van der Waals surface area (Å²) in [5.41, 5.74) is 2.93. The van der Waals surface area contributed by atoms with Crippen LogP contribution in [0.5, 0.6) is 5.75 Å². The summed E-state index contributed by atoms with van der Waals surface area (Å²) in [6.45, 7) is 7.13. The molecule has 0 radical (unpaired) electrons. The highest BCUT2D eigenvalue weighted by Crippen LogP contribution is 2.30. The van der Waals surface area contributed by atoms with Crippen molar-refractivity contribution in [2.75, 3.05) is 13.3 Å². The Bertz CT molecular complexity index is 2490. The minimum Gasteiger partial charge on any atom is -0.493 e. The quantitative estimate of drug-likeness (QED) is 0.0150. The second kappa shape index (κ2) is 27.2. The van der Waals surface area contributed by atoms with Crippen LogP contribution in [0.3, 0.4) is 0 Å². The number of benzene rings is 4. The molecule has 0 saturated heterocycles. The van der Waals surface area contributed by atoms with Crippen molar-refractivity contribution >= 4 is 42.0 Å². The van der Waals surface area contributed by atoms with Gasteiger partial charge in [-0.25, -0.2) is 9.59 Å². The van der Waals surface area contributed by atoms with Gasteiger partial charge in [0.05, 0.1) is 42.8 Å². The summed E-state index contributed by atoms with van der Waals surface area (Å²) < 4.78 is 22.6. The molecule has 0 unspecified atom stereocenters. The molecule has 16 heteroatoms. The molecule has 16 nitrogen and oxygen atoms in total. The fourth-order valence-corrected chi connectivity index (χ4v) is 7.45. The Morgan fingerprint density at radius 3 is 2.06 bits per heavy atom.